The third-order valence-corrected chi connectivity index (χ3v) is 2.51. The number of aliphatic imine (C=N–C) groups is 1. The van der Waals surface area contributed by atoms with Crippen molar-refractivity contribution in [2.75, 3.05) is 20.1 Å². The van der Waals surface area contributed by atoms with E-state index in [2.05, 4.69) is 28.4 Å². The molecule has 0 aromatic carbocycles. The van der Waals surface area contributed by atoms with Crippen LogP contribution in [-0.2, 0) is 0 Å². The van der Waals surface area contributed by atoms with Gasteiger partial charge in [0.2, 0.25) is 0 Å². The predicted octanol–water partition coefficient (Wildman–Crippen LogP) is 2.00. The van der Waals surface area contributed by atoms with Gasteiger partial charge >= 0.3 is 0 Å². The van der Waals surface area contributed by atoms with Crippen molar-refractivity contribution in [3.05, 3.63) is 36.2 Å². The van der Waals surface area contributed by atoms with Gasteiger partial charge in [-0.25, -0.2) is 0 Å². The van der Waals surface area contributed by atoms with E-state index < -0.39 is 0 Å². The Balaban J connectivity index is 2.34. The van der Waals surface area contributed by atoms with Crippen LogP contribution in [0.2, 0.25) is 0 Å². The zero-order valence-electron chi connectivity index (χ0n) is 10.00. The number of rotatable bonds is 5. The summed E-state index contributed by atoms with van der Waals surface area (Å²) in [5, 5.41) is 6.67. The minimum Gasteiger partial charge on any atom is -0.387 e. The average molecular weight is 219 g/mol. The maximum atomic E-state index is 3.92. The van der Waals surface area contributed by atoms with Crippen molar-refractivity contribution in [3.8, 4) is 0 Å². The quantitative estimate of drug-likeness (QED) is 0.548. The van der Waals surface area contributed by atoms with Gasteiger partial charge in [0.25, 0.3) is 0 Å². The molecule has 16 heavy (non-hydrogen) atoms. The maximum absolute atomic E-state index is 3.92. The van der Waals surface area contributed by atoms with Crippen molar-refractivity contribution in [3.63, 3.8) is 0 Å². The summed E-state index contributed by atoms with van der Waals surface area (Å²) >= 11 is 0. The summed E-state index contributed by atoms with van der Waals surface area (Å²) in [6.45, 7) is 5.66. The molecule has 1 fully saturated rings. The number of hydrogen-bond donors (Lipinski definition) is 2. The summed E-state index contributed by atoms with van der Waals surface area (Å²) in [5.74, 6) is 0. The molecule has 0 amide bonds. The lowest BCUT2D eigenvalue weighted by Gasteiger charge is -2.16. The Hall–Kier alpha value is -1.51. The Morgan fingerprint density at radius 2 is 2.44 bits per heavy atom. The van der Waals surface area contributed by atoms with Crippen LogP contribution in [0.4, 0.5) is 0 Å². The second-order valence-electron chi connectivity index (χ2n) is 3.79. The van der Waals surface area contributed by atoms with Crippen LogP contribution < -0.4 is 10.6 Å². The number of nitrogens with one attached hydrogen (secondary N) is 2. The Morgan fingerprint density at radius 1 is 1.56 bits per heavy atom. The molecule has 0 radical (unpaired) electrons. The summed E-state index contributed by atoms with van der Waals surface area (Å²) in [5.41, 5.74) is 2.44. The molecule has 2 N–H and O–H groups in total. The van der Waals surface area contributed by atoms with Crippen LogP contribution in [0.3, 0.4) is 0 Å². The summed E-state index contributed by atoms with van der Waals surface area (Å²) in [6, 6.07) is 0. The molecule has 0 aromatic heterocycles. The lowest BCUT2D eigenvalue weighted by molar-refractivity contribution is 0.582. The molecule has 3 nitrogen and oxygen atoms in total. The van der Waals surface area contributed by atoms with Gasteiger partial charge in [-0.15, -0.1) is 0 Å². The molecule has 1 aliphatic heterocycles. The molecule has 88 valence electrons. The number of hydrogen-bond acceptors (Lipinski definition) is 3. The second kappa shape index (κ2) is 7.74. The van der Waals surface area contributed by atoms with E-state index in [9.17, 15) is 0 Å². The lowest BCUT2D eigenvalue weighted by Crippen LogP contribution is -2.22. The monoisotopic (exact) mass is 219 g/mol. The predicted molar refractivity (Wildman–Crippen MR) is 70.6 cm³/mol. The van der Waals surface area contributed by atoms with E-state index in [-0.39, 0.29) is 0 Å². The van der Waals surface area contributed by atoms with Crippen LogP contribution >= 0.6 is 0 Å². The van der Waals surface area contributed by atoms with E-state index in [4.69, 9.17) is 0 Å². The molecule has 1 aliphatic rings. The zero-order valence-corrected chi connectivity index (χ0v) is 10.00. The van der Waals surface area contributed by atoms with Crippen LogP contribution in [0.15, 0.2) is 41.2 Å². The number of piperidine rings is 1. The van der Waals surface area contributed by atoms with E-state index in [1.54, 1.807) is 13.3 Å². The standard InChI is InChI=1S/C13H21N3/c1-3-12(7-9-14-2)10-15-11-13-6-4-5-8-16-13/h3,7,9,11,15-16H,1,4-6,8,10H2,2H3/b12-7+,13-11+,14-9?. The minimum atomic E-state index is 0.792. The molecule has 3 heteroatoms. The molecule has 1 rings (SSSR count). The van der Waals surface area contributed by atoms with Gasteiger partial charge in [-0.3, -0.25) is 4.99 Å². The fraction of sp³-hybridized carbons (Fsp3) is 0.462. The molecular formula is C13H21N3. The highest BCUT2D eigenvalue weighted by Crippen LogP contribution is 2.08. The van der Waals surface area contributed by atoms with Gasteiger partial charge < -0.3 is 10.6 Å². The van der Waals surface area contributed by atoms with Gasteiger partial charge in [0, 0.05) is 38.2 Å². The SMILES string of the molecule is C=C/C(=C\C=NC)CN/C=C1\CCCCN1. The lowest BCUT2D eigenvalue weighted by atomic mass is 10.1. The molecule has 0 unspecified atom stereocenters. The molecule has 0 saturated carbocycles. The molecule has 0 aromatic rings. The van der Waals surface area contributed by atoms with Gasteiger partial charge in [-0.2, -0.15) is 0 Å². The van der Waals surface area contributed by atoms with Crippen molar-refractivity contribution in [2.45, 2.75) is 19.3 Å². The van der Waals surface area contributed by atoms with Crippen molar-refractivity contribution < 1.29 is 0 Å². The zero-order chi connectivity index (χ0) is 11.6. The molecule has 1 heterocycles. The van der Waals surface area contributed by atoms with Gasteiger partial charge in [-0.05, 0) is 30.9 Å². The van der Waals surface area contributed by atoms with E-state index in [0.29, 0.717) is 0 Å². The van der Waals surface area contributed by atoms with E-state index in [1.165, 1.54) is 18.5 Å². The Bertz CT molecular complexity index is 292. The van der Waals surface area contributed by atoms with Gasteiger partial charge in [0.05, 0.1) is 0 Å². The summed E-state index contributed by atoms with van der Waals surface area (Å²) < 4.78 is 0. The highest BCUT2D eigenvalue weighted by atomic mass is 14.9. The van der Waals surface area contributed by atoms with Crippen molar-refractivity contribution in [2.24, 2.45) is 4.99 Å². The number of allylic oxidation sites excluding steroid dienone is 2. The van der Waals surface area contributed by atoms with E-state index in [0.717, 1.165) is 25.1 Å². The van der Waals surface area contributed by atoms with Gasteiger partial charge in [0.15, 0.2) is 0 Å². The molecule has 0 spiro atoms. The van der Waals surface area contributed by atoms with E-state index in [1.807, 2.05) is 12.2 Å². The third kappa shape index (κ3) is 4.82. The largest absolute Gasteiger partial charge is 0.387 e. The fourth-order valence-corrected chi connectivity index (χ4v) is 1.56. The number of nitrogens with zero attached hydrogens (tertiary/aromatic N) is 1. The Morgan fingerprint density at radius 3 is 3.06 bits per heavy atom. The topological polar surface area (TPSA) is 36.4 Å². The van der Waals surface area contributed by atoms with Crippen molar-refractivity contribution in [1.82, 2.24) is 10.6 Å². The van der Waals surface area contributed by atoms with Gasteiger partial charge in [-0.1, -0.05) is 12.7 Å². The smallest absolute Gasteiger partial charge is 0.0396 e. The van der Waals surface area contributed by atoms with Crippen LogP contribution in [0.1, 0.15) is 19.3 Å². The average Bonchev–Trinajstić information content (AvgIpc) is 2.35. The van der Waals surface area contributed by atoms with Crippen molar-refractivity contribution in [1.29, 1.82) is 0 Å². The van der Waals surface area contributed by atoms with Crippen LogP contribution in [-0.4, -0.2) is 26.4 Å². The van der Waals surface area contributed by atoms with Crippen molar-refractivity contribution >= 4 is 6.21 Å². The normalized spacial score (nSPS) is 19.8. The first-order chi connectivity index (χ1) is 7.86. The van der Waals surface area contributed by atoms with Gasteiger partial charge in [0.1, 0.15) is 0 Å². The molecular weight excluding hydrogens is 198 g/mol. The first-order valence-corrected chi connectivity index (χ1v) is 5.77. The molecule has 1 saturated heterocycles. The Kier molecular flexibility index (Phi) is 6.07. The molecule has 0 bridgehead atoms. The Labute approximate surface area is 98.0 Å². The summed E-state index contributed by atoms with van der Waals surface area (Å²) in [7, 11) is 1.76. The summed E-state index contributed by atoms with van der Waals surface area (Å²) in [6.07, 6.45) is 11.4. The molecule has 0 aliphatic carbocycles. The highest BCUT2D eigenvalue weighted by Gasteiger charge is 2.02. The first kappa shape index (κ1) is 12.6. The van der Waals surface area contributed by atoms with Crippen LogP contribution in [0, 0.1) is 0 Å². The van der Waals surface area contributed by atoms with E-state index >= 15 is 0 Å². The molecule has 0 atom stereocenters. The fourth-order valence-electron chi connectivity index (χ4n) is 1.56. The minimum absolute atomic E-state index is 0.792. The van der Waals surface area contributed by atoms with Crippen LogP contribution in [0.25, 0.3) is 0 Å². The second-order valence-corrected chi connectivity index (χ2v) is 3.79. The third-order valence-electron chi connectivity index (χ3n) is 2.51. The first-order valence-electron chi connectivity index (χ1n) is 5.77. The summed E-state index contributed by atoms with van der Waals surface area (Å²) in [4.78, 5) is 3.92. The van der Waals surface area contributed by atoms with Crippen LogP contribution in [0.5, 0.6) is 0 Å². The highest BCUT2D eigenvalue weighted by molar-refractivity contribution is 5.72. The maximum Gasteiger partial charge on any atom is 0.0396 e.